The number of aromatic nitrogens is 2. The molecule has 4 rings (SSSR count). The molecule has 0 aliphatic heterocycles. The zero-order valence-corrected chi connectivity index (χ0v) is 17.8. The van der Waals surface area contributed by atoms with Crippen molar-refractivity contribution < 1.29 is 8.78 Å². The molecular weight excluding hydrogens is 467 g/mol. The fourth-order valence-corrected chi connectivity index (χ4v) is 3.42. The molecular formula is C22H12Cl3F2N3O. The molecule has 4 aromatic rings. The summed E-state index contributed by atoms with van der Waals surface area (Å²) < 4.78 is 29.9. The summed E-state index contributed by atoms with van der Waals surface area (Å²) in [5, 5.41) is 4.13. The fraction of sp³-hybridized carbons (Fsp3) is 0. The minimum atomic E-state index is -0.836. The quantitative estimate of drug-likeness (QED) is 0.348. The highest BCUT2D eigenvalue weighted by Gasteiger charge is 2.18. The zero-order valence-electron chi connectivity index (χ0n) is 15.5. The van der Waals surface area contributed by atoms with E-state index in [1.54, 1.807) is 30.3 Å². The second-order valence-electron chi connectivity index (χ2n) is 6.47. The average Bonchev–Trinajstić information content (AvgIpc) is 2.72. The molecule has 1 heterocycles. The van der Waals surface area contributed by atoms with Crippen LogP contribution in [-0.4, -0.2) is 9.55 Å². The van der Waals surface area contributed by atoms with Crippen LogP contribution in [-0.2, 0) is 0 Å². The Morgan fingerprint density at radius 3 is 2.16 bits per heavy atom. The molecule has 0 radical (unpaired) electrons. The molecule has 9 heteroatoms. The molecule has 0 unspecified atom stereocenters. The van der Waals surface area contributed by atoms with Crippen LogP contribution in [0.4, 0.5) is 20.3 Å². The van der Waals surface area contributed by atoms with E-state index >= 15 is 0 Å². The van der Waals surface area contributed by atoms with Gasteiger partial charge in [-0.3, -0.25) is 0 Å². The third-order valence-corrected chi connectivity index (χ3v) is 5.41. The number of hydrogen-bond acceptors (Lipinski definition) is 3. The van der Waals surface area contributed by atoms with E-state index in [0.29, 0.717) is 21.4 Å². The maximum absolute atomic E-state index is 14.3. The number of rotatable bonds is 4. The van der Waals surface area contributed by atoms with Gasteiger partial charge < -0.3 is 5.32 Å². The number of hydrogen-bond donors (Lipinski definition) is 1. The third-order valence-electron chi connectivity index (χ3n) is 4.42. The number of anilines is 2. The Morgan fingerprint density at radius 2 is 1.52 bits per heavy atom. The second kappa shape index (κ2) is 8.67. The van der Waals surface area contributed by atoms with Gasteiger partial charge in [0, 0.05) is 16.8 Å². The van der Waals surface area contributed by atoms with Crippen LogP contribution in [0, 0.1) is 11.6 Å². The van der Waals surface area contributed by atoms with Crippen molar-refractivity contribution in [2.75, 3.05) is 5.32 Å². The van der Waals surface area contributed by atoms with Gasteiger partial charge in [0.25, 0.3) is 0 Å². The molecule has 0 saturated heterocycles. The van der Waals surface area contributed by atoms with Crippen molar-refractivity contribution in [1.29, 1.82) is 0 Å². The molecule has 0 fully saturated rings. The van der Waals surface area contributed by atoms with Crippen molar-refractivity contribution in [3.63, 3.8) is 0 Å². The molecule has 1 N–H and O–H groups in total. The van der Waals surface area contributed by atoms with Crippen molar-refractivity contribution in [3.8, 4) is 16.9 Å². The van der Waals surface area contributed by atoms with Gasteiger partial charge in [0.2, 0.25) is 0 Å². The van der Waals surface area contributed by atoms with Gasteiger partial charge in [-0.1, -0.05) is 40.9 Å². The highest BCUT2D eigenvalue weighted by molar-refractivity contribution is 6.42. The van der Waals surface area contributed by atoms with Crippen LogP contribution >= 0.6 is 34.8 Å². The Hall–Kier alpha value is -2.93. The summed E-state index contributed by atoms with van der Waals surface area (Å²) in [5.41, 5.74) is -0.379. The van der Waals surface area contributed by atoms with E-state index in [4.69, 9.17) is 34.8 Å². The normalized spacial score (nSPS) is 10.9. The maximum Gasteiger partial charge on any atom is 0.354 e. The van der Waals surface area contributed by atoms with Gasteiger partial charge in [0.15, 0.2) is 0 Å². The minimum absolute atomic E-state index is 0.159. The van der Waals surface area contributed by atoms with Crippen molar-refractivity contribution in [2.45, 2.75) is 0 Å². The first-order chi connectivity index (χ1) is 14.8. The van der Waals surface area contributed by atoms with Crippen molar-refractivity contribution in [1.82, 2.24) is 9.55 Å². The number of nitrogens with zero attached hydrogens (tertiary/aromatic N) is 2. The molecule has 0 aliphatic carbocycles. The van der Waals surface area contributed by atoms with E-state index in [1.165, 1.54) is 28.8 Å². The van der Waals surface area contributed by atoms with Gasteiger partial charge in [-0.15, -0.1) is 0 Å². The predicted molar refractivity (Wildman–Crippen MR) is 120 cm³/mol. The van der Waals surface area contributed by atoms with E-state index in [2.05, 4.69) is 10.3 Å². The Balaban J connectivity index is 1.94. The van der Waals surface area contributed by atoms with Gasteiger partial charge in [-0.25, -0.2) is 18.1 Å². The van der Waals surface area contributed by atoms with Crippen molar-refractivity contribution in [3.05, 3.63) is 104 Å². The number of benzene rings is 3. The summed E-state index contributed by atoms with van der Waals surface area (Å²) >= 11 is 18.0. The van der Waals surface area contributed by atoms with Crippen LogP contribution in [0.15, 0.2) is 71.5 Å². The Kier molecular flexibility index (Phi) is 5.96. The largest absolute Gasteiger partial charge is 0.354 e. The Morgan fingerprint density at radius 1 is 0.839 bits per heavy atom. The molecule has 0 bridgehead atoms. The van der Waals surface area contributed by atoms with Crippen LogP contribution in [0.2, 0.25) is 15.1 Å². The number of nitrogens with one attached hydrogen (secondary N) is 1. The lowest BCUT2D eigenvalue weighted by molar-refractivity contribution is 0.588. The molecule has 156 valence electrons. The van der Waals surface area contributed by atoms with Gasteiger partial charge in [-0.2, -0.15) is 4.98 Å². The topological polar surface area (TPSA) is 46.9 Å². The molecule has 0 saturated carbocycles. The number of halogens is 5. The summed E-state index contributed by atoms with van der Waals surface area (Å²) in [6, 6.07) is 16.1. The molecule has 0 atom stereocenters. The lowest BCUT2D eigenvalue weighted by Gasteiger charge is -2.16. The maximum atomic E-state index is 14.3. The summed E-state index contributed by atoms with van der Waals surface area (Å²) in [6.45, 7) is 0. The van der Waals surface area contributed by atoms with Crippen LogP contribution in [0.25, 0.3) is 16.9 Å². The lowest BCUT2D eigenvalue weighted by Crippen LogP contribution is -2.24. The highest BCUT2D eigenvalue weighted by Crippen LogP contribution is 2.30. The van der Waals surface area contributed by atoms with E-state index in [-0.39, 0.29) is 16.5 Å². The monoisotopic (exact) mass is 477 g/mol. The van der Waals surface area contributed by atoms with E-state index in [9.17, 15) is 13.6 Å². The summed E-state index contributed by atoms with van der Waals surface area (Å²) in [5.74, 6) is -1.47. The van der Waals surface area contributed by atoms with Gasteiger partial charge in [0.1, 0.15) is 17.5 Å². The second-order valence-corrected chi connectivity index (χ2v) is 7.72. The van der Waals surface area contributed by atoms with Gasteiger partial charge >= 0.3 is 5.69 Å². The van der Waals surface area contributed by atoms with Gasteiger partial charge in [0.05, 0.1) is 27.0 Å². The first kappa shape index (κ1) is 21.3. The van der Waals surface area contributed by atoms with Crippen LogP contribution < -0.4 is 11.0 Å². The minimum Gasteiger partial charge on any atom is -0.341 e. The standard InChI is InChI=1S/C22H12Cl3F2N3O/c23-12-4-6-13(7-5-12)28-20-11-19(21-17(26)2-1-3-18(21)27)29-22(31)30(20)14-8-9-15(24)16(25)10-14/h1-11,28H. The molecule has 1 aromatic heterocycles. The molecule has 0 spiro atoms. The molecule has 0 amide bonds. The lowest BCUT2D eigenvalue weighted by atomic mass is 10.1. The molecule has 3 aromatic carbocycles. The van der Waals surface area contributed by atoms with Crippen LogP contribution in [0.5, 0.6) is 0 Å². The first-order valence-corrected chi connectivity index (χ1v) is 10.0. The molecule has 31 heavy (non-hydrogen) atoms. The first-order valence-electron chi connectivity index (χ1n) is 8.90. The Labute approximate surface area is 190 Å². The van der Waals surface area contributed by atoms with E-state index in [1.807, 2.05) is 0 Å². The zero-order chi connectivity index (χ0) is 22.1. The average molecular weight is 479 g/mol. The SMILES string of the molecule is O=c1nc(-c2c(F)cccc2F)cc(Nc2ccc(Cl)cc2)n1-c1ccc(Cl)c(Cl)c1. The van der Waals surface area contributed by atoms with Crippen LogP contribution in [0.1, 0.15) is 0 Å². The molecule has 0 aliphatic rings. The Bertz CT molecular complexity index is 1320. The summed E-state index contributed by atoms with van der Waals surface area (Å²) in [4.78, 5) is 16.9. The summed E-state index contributed by atoms with van der Waals surface area (Å²) in [7, 11) is 0. The fourth-order valence-electron chi connectivity index (χ4n) is 3.00. The third kappa shape index (κ3) is 4.42. The van der Waals surface area contributed by atoms with Crippen molar-refractivity contribution in [2.24, 2.45) is 0 Å². The van der Waals surface area contributed by atoms with Crippen LogP contribution in [0.3, 0.4) is 0 Å². The molecule has 4 nitrogen and oxygen atoms in total. The van der Waals surface area contributed by atoms with Gasteiger partial charge in [-0.05, 0) is 54.6 Å². The van der Waals surface area contributed by atoms with E-state index in [0.717, 1.165) is 12.1 Å². The highest BCUT2D eigenvalue weighted by atomic mass is 35.5. The van der Waals surface area contributed by atoms with E-state index < -0.39 is 22.9 Å². The smallest absolute Gasteiger partial charge is 0.341 e. The summed E-state index contributed by atoms with van der Waals surface area (Å²) in [6.07, 6.45) is 0. The van der Waals surface area contributed by atoms with Crippen molar-refractivity contribution >= 4 is 46.3 Å². The predicted octanol–water partition coefficient (Wildman–Crippen LogP) is 6.88.